The molecule has 136 valence electrons. The van der Waals surface area contributed by atoms with Gasteiger partial charge in [0.15, 0.2) is 5.69 Å². The zero-order valence-corrected chi connectivity index (χ0v) is 15.4. The molecule has 2 aliphatic rings. The van der Waals surface area contributed by atoms with Crippen LogP contribution < -0.4 is 4.90 Å². The summed E-state index contributed by atoms with van der Waals surface area (Å²) in [5, 5.41) is 0. The van der Waals surface area contributed by atoms with Crippen LogP contribution >= 0.6 is 0 Å². The van der Waals surface area contributed by atoms with Crippen molar-refractivity contribution in [3.05, 3.63) is 53.3 Å². The molecule has 0 radical (unpaired) electrons. The minimum Gasteiger partial charge on any atom is -0.464 e. The molecule has 6 heteroatoms. The fraction of sp³-hybridized carbons (Fsp3) is 0.450. The maximum absolute atomic E-state index is 11.9. The molecule has 0 amide bonds. The number of anilines is 1. The van der Waals surface area contributed by atoms with Crippen LogP contribution in [0.3, 0.4) is 0 Å². The van der Waals surface area contributed by atoms with Crippen LogP contribution in [0.1, 0.15) is 27.8 Å². The van der Waals surface area contributed by atoms with E-state index in [4.69, 9.17) is 4.74 Å². The second-order valence-electron chi connectivity index (χ2n) is 7.31. The molecule has 2 aromatic rings. The molecule has 0 N–H and O–H groups in total. The van der Waals surface area contributed by atoms with Crippen molar-refractivity contribution in [2.75, 3.05) is 38.7 Å². The van der Waals surface area contributed by atoms with Gasteiger partial charge < -0.3 is 9.64 Å². The fourth-order valence-corrected chi connectivity index (χ4v) is 4.48. The van der Waals surface area contributed by atoms with Crippen molar-refractivity contribution >= 4 is 11.9 Å². The quantitative estimate of drug-likeness (QED) is 0.790. The van der Waals surface area contributed by atoms with E-state index in [1.807, 2.05) is 6.92 Å². The fourth-order valence-electron chi connectivity index (χ4n) is 4.48. The maximum Gasteiger partial charge on any atom is 0.356 e. The number of nitrogens with zero attached hydrogens (tertiary/aromatic N) is 4. The lowest BCUT2D eigenvalue weighted by Crippen LogP contribution is -2.30. The molecule has 2 saturated heterocycles. The molecule has 0 saturated carbocycles. The van der Waals surface area contributed by atoms with Gasteiger partial charge in [0.25, 0.3) is 0 Å². The second-order valence-corrected chi connectivity index (χ2v) is 7.31. The second kappa shape index (κ2) is 6.68. The predicted octanol–water partition coefficient (Wildman–Crippen LogP) is 2.31. The summed E-state index contributed by atoms with van der Waals surface area (Å²) in [6.07, 6.45) is 0. The summed E-state index contributed by atoms with van der Waals surface area (Å²) < 4.78 is 4.82. The van der Waals surface area contributed by atoms with Gasteiger partial charge in [0.2, 0.25) is 5.95 Å². The van der Waals surface area contributed by atoms with Gasteiger partial charge in [0, 0.05) is 37.3 Å². The number of esters is 1. The molecule has 26 heavy (non-hydrogen) atoms. The van der Waals surface area contributed by atoms with E-state index in [-0.39, 0.29) is 0 Å². The molecule has 1 aromatic carbocycles. The third-order valence-electron chi connectivity index (χ3n) is 5.56. The van der Waals surface area contributed by atoms with E-state index < -0.39 is 5.97 Å². The number of carbonyl (C=O) groups excluding carboxylic acids is 1. The molecule has 0 aliphatic carbocycles. The number of hydrogen-bond acceptors (Lipinski definition) is 6. The first-order valence-corrected chi connectivity index (χ1v) is 9.01. The Kier molecular flexibility index (Phi) is 4.36. The van der Waals surface area contributed by atoms with Gasteiger partial charge in [-0.15, -0.1) is 0 Å². The monoisotopic (exact) mass is 352 g/mol. The molecule has 0 unspecified atom stereocenters. The van der Waals surface area contributed by atoms with E-state index in [2.05, 4.69) is 57.1 Å². The van der Waals surface area contributed by atoms with Gasteiger partial charge >= 0.3 is 5.97 Å². The summed E-state index contributed by atoms with van der Waals surface area (Å²) >= 11 is 0. The van der Waals surface area contributed by atoms with Crippen molar-refractivity contribution in [2.24, 2.45) is 11.8 Å². The minimum atomic E-state index is -0.418. The Morgan fingerprint density at radius 1 is 1.15 bits per heavy atom. The molecule has 3 atom stereocenters. The van der Waals surface area contributed by atoms with Crippen LogP contribution in [0, 0.1) is 18.8 Å². The number of hydrogen-bond donors (Lipinski definition) is 0. The Hall–Kier alpha value is -2.47. The number of aromatic nitrogens is 2. The number of ether oxygens (including phenoxy) is 1. The molecule has 1 aromatic heterocycles. The van der Waals surface area contributed by atoms with Crippen LogP contribution in [-0.2, 0) is 4.74 Å². The summed E-state index contributed by atoms with van der Waals surface area (Å²) in [4.78, 5) is 25.6. The normalized spacial score (nSPS) is 25.3. The lowest BCUT2D eigenvalue weighted by molar-refractivity contribution is 0.0593. The number of benzene rings is 1. The van der Waals surface area contributed by atoms with Gasteiger partial charge in [-0.2, -0.15) is 0 Å². The van der Waals surface area contributed by atoms with E-state index in [0.29, 0.717) is 29.5 Å². The number of fused-ring (bicyclic) bond motifs is 1. The molecule has 2 aliphatic heterocycles. The zero-order chi connectivity index (χ0) is 18.3. The smallest absolute Gasteiger partial charge is 0.356 e. The van der Waals surface area contributed by atoms with E-state index >= 15 is 0 Å². The Morgan fingerprint density at radius 2 is 1.92 bits per heavy atom. The lowest BCUT2D eigenvalue weighted by atomic mass is 9.90. The van der Waals surface area contributed by atoms with Crippen LogP contribution in [0.15, 0.2) is 36.4 Å². The van der Waals surface area contributed by atoms with Crippen LogP contribution in [0.2, 0.25) is 0 Å². The number of likely N-dealkylation sites (tertiary alicyclic amines) is 1. The van der Waals surface area contributed by atoms with Gasteiger partial charge in [-0.25, -0.2) is 14.8 Å². The average molecular weight is 352 g/mol. The number of rotatable bonds is 3. The third-order valence-corrected chi connectivity index (χ3v) is 5.56. The summed E-state index contributed by atoms with van der Waals surface area (Å²) in [5.74, 6) is 1.33. The highest BCUT2D eigenvalue weighted by Crippen LogP contribution is 2.44. The van der Waals surface area contributed by atoms with Crippen LogP contribution in [0.25, 0.3) is 0 Å². The number of methoxy groups -OCH3 is 1. The summed E-state index contributed by atoms with van der Waals surface area (Å²) in [6, 6.07) is 12.8. The zero-order valence-electron chi connectivity index (χ0n) is 15.4. The van der Waals surface area contributed by atoms with Crippen molar-refractivity contribution in [1.29, 1.82) is 0 Å². The number of carbonyl (C=O) groups is 1. The molecule has 0 spiro atoms. The van der Waals surface area contributed by atoms with Crippen LogP contribution in [-0.4, -0.2) is 54.6 Å². The first-order valence-electron chi connectivity index (χ1n) is 9.01. The van der Waals surface area contributed by atoms with Crippen molar-refractivity contribution in [3.8, 4) is 0 Å². The van der Waals surface area contributed by atoms with E-state index in [1.165, 1.54) is 12.7 Å². The largest absolute Gasteiger partial charge is 0.464 e. The maximum atomic E-state index is 11.9. The average Bonchev–Trinajstić information content (AvgIpc) is 3.17. The van der Waals surface area contributed by atoms with Crippen LogP contribution in [0.4, 0.5) is 5.95 Å². The highest BCUT2D eigenvalue weighted by atomic mass is 16.5. The standard InChI is InChI=1S/C20H24N4O2/c1-13-9-17(19(25)26-3)22-20(21-13)24-11-15-10-23(2)18(16(15)12-24)14-7-5-4-6-8-14/h4-9,15-16,18H,10-12H2,1-3H3/t15-,16+,18-/m0/s1. The van der Waals surface area contributed by atoms with Gasteiger partial charge in [0.05, 0.1) is 7.11 Å². The van der Waals surface area contributed by atoms with E-state index in [1.54, 1.807) is 6.07 Å². The summed E-state index contributed by atoms with van der Waals surface area (Å²) in [6.45, 7) is 4.77. The van der Waals surface area contributed by atoms with E-state index in [9.17, 15) is 4.79 Å². The van der Waals surface area contributed by atoms with Crippen LogP contribution in [0.5, 0.6) is 0 Å². The molecule has 4 rings (SSSR count). The molecule has 0 bridgehead atoms. The Labute approximate surface area is 153 Å². The van der Waals surface area contributed by atoms with Gasteiger partial charge in [-0.1, -0.05) is 30.3 Å². The molecule has 6 nitrogen and oxygen atoms in total. The van der Waals surface area contributed by atoms with E-state index in [0.717, 1.165) is 25.3 Å². The highest BCUT2D eigenvalue weighted by molar-refractivity contribution is 5.87. The predicted molar refractivity (Wildman–Crippen MR) is 99.1 cm³/mol. The number of aryl methyl sites for hydroxylation is 1. The van der Waals surface area contributed by atoms with Crippen molar-refractivity contribution in [3.63, 3.8) is 0 Å². The van der Waals surface area contributed by atoms with Gasteiger partial charge in [-0.3, -0.25) is 4.90 Å². The summed E-state index contributed by atoms with van der Waals surface area (Å²) in [7, 11) is 3.58. The van der Waals surface area contributed by atoms with Crippen molar-refractivity contribution in [2.45, 2.75) is 13.0 Å². The minimum absolute atomic E-state index is 0.323. The SMILES string of the molecule is COC(=O)c1cc(C)nc(N2C[C@@H]3CN(C)[C@@H](c4ccccc4)[C@@H]3C2)n1. The Morgan fingerprint density at radius 3 is 2.65 bits per heavy atom. The topological polar surface area (TPSA) is 58.6 Å². The highest BCUT2D eigenvalue weighted by Gasteiger charge is 2.46. The Bertz CT molecular complexity index is 811. The van der Waals surface area contributed by atoms with Crippen molar-refractivity contribution < 1.29 is 9.53 Å². The first-order chi connectivity index (χ1) is 12.6. The molecular formula is C20H24N4O2. The molecular weight excluding hydrogens is 328 g/mol. The summed E-state index contributed by atoms with van der Waals surface area (Å²) in [5.41, 5.74) is 2.47. The van der Waals surface area contributed by atoms with Crippen molar-refractivity contribution in [1.82, 2.24) is 14.9 Å². The third kappa shape index (κ3) is 2.94. The Balaban J connectivity index is 1.59. The molecule has 3 heterocycles. The molecule has 2 fully saturated rings. The lowest BCUT2D eigenvalue weighted by Gasteiger charge is -2.27. The van der Waals surface area contributed by atoms with Gasteiger partial charge in [-0.05, 0) is 31.5 Å². The first kappa shape index (κ1) is 17.0. The van der Waals surface area contributed by atoms with Gasteiger partial charge in [0.1, 0.15) is 0 Å².